The lowest BCUT2D eigenvalue weighted by Gasteiger charge is -2.06. The van der Waals surface area contributed by atoms with E-state index in [9.17, 15) is 5.11 Å². The van der Waals surface area contributed by atoms with Crippen molar-refractivity contribution in [1.82, 2.24) is 9.55 Å². The Bertz CT molecular complexity index is 674. The van der Waals surface area contributed by atoms with Crippen molar-refractivity contribution in [2.24, 2.45) is 0 Å². The summed E-state index contributed by atoms with van der Waals surface area (Å²) < 4.78 is 2.21. The number of aliphatic hydroxyl groups excluding tert-OH is 1. The van der Waals surface area contributed by atoms with E-state index < -0.39 is 0 Å². The fourth-order valence-electron chi connectivity index (χ4n) is 2.30. The molecule has 3 rings (SSSR count). The van der Waals surface area contributed by atoms with E-state index in [0.717, 1.165) is 24.2 Å². The van der Waals surface area contributed by atoms with Crippen molar-refractivity contribution in [3.63, 3.8) is 0 Å². The van der Waals surface area contributed by atoms with Crippen LogP contribution in [0.1, 0.15) is 11.3 Å². The normalized spacial score (nSPS) is 11.0. The van der Waals surface area contributed by atoms with Crippen LogP contribution in [0.2, 0.25) is 0 Å². The largest absolute Gasteiger partial charge is 0.392 e. The van der Waals surface area contributed by atoms with Crippen LogP contribution in [0, 0.1) is 0 Å². The highest BCUT2D eigenvalue weighted by atomic mass is 16.3. The lowest BCUT2D eigenvalue weighted by atomic mass is 10.2. The minimum atomic E-state index is 0.0847. The van der Waals surface area contributed by atoms with Crippen molar-refractivity contribution in [2.45, 2.75) is 19.6 Å². The van der Waals surface area contributed by atoms with Gasteiger partial charge in [-0.25, -0.2) is 0 Å². The number of benzene rings is 1. The summed E-state index contributed by atoms with van der Waals surface area (Å²) in [6.07, 6.45) is 4.83. The van der Waals surface area contributed by atoms with Gasteiger partial charge in [0.1, 0.15) is 0 Å². The molecule has 0 aliphatic rings. The van der Waals surface area contributed by atoms with Crippen LogP contribution < -0.4 is 0 Å². The predicted molar refractivity (Wildman–Crippen MR) is 75.8 cm³/mol. The molecule has 0 amide bonds. The van der Waals surface area contributed by atoms with Crippen LogP contribution in [0.25, 0.3) is 10.9 Å². The topological polar surface area (TPSA) is 38.0 Å². The van der Waals surface area contributed by atoms with Crippen LogP contribution in [0.5, 0.6) is 0 Å². The van der Waals surface area contributed by atoms with Gasteiger partial charge in [0.25, 0.3) is 0 Å². The van der Waals surface area contributed by atoms with Gasteiger partial charge < -0.3 is 9.67 Å². The van der Waals surface area contributed by atoms with E-state index in [4.69, 9.17) is 0 Å². The number of hydrogen-bond donors (Lipinski definition) is 1. The maximum absolute atomic E-state index is 9.21. The van der Waals surface area contributed by atoms with E-state index in [0.29, 0.717) is 0 Å². The molecule has 2 heterocycles. The number of aryl methyl sites for hydroxylation is 2. The number of fused-ring (bicyclic) bond motifs is 1. The van der Waals surface area contributed by atoms with Gasteiger partial charge in [-0.2, -0.15) is 0 Å². The smallest absolute Gasteiger partial charge is 0.0682 e. The van der Waals surface area contributed by atoms with Gasteiger partial charge >= 0.3 is 0 Å². The molecule has 3 nitrogen and oxygen atoms in total. The molecule has 19 heavy (non-hydrogen) atoms. The molecule has 0 bridgehead atoms. The lowest BCUT2D eigenvalue weighted by Crippen LogP contribution is -2.01. The third-order valence-electron chi connectivity index (χ3n) is 3.36. The molecule has 0 atom stereocenters. The number of pyridine rings is 1. The molecule has 1 N–H and O–H groups in total. The van der Waals surface area contributed by atoms with Crippen molar-refractivity contribution in [2.75, 3.05) is 0 Å². The minimum Gasteiger partial charge on any atom is -0.392 e. The Balaban J connectivity index is 1.84. The molecule has 0 radical (unpaired) electrons. The zero-order valence-corrected chi connectivity index (χ0v) is 10.7. The molecule has 0 saturated heterocycles. The Kier molecular flexibility index (Phi) is 3.29. The first-order valence-electron chi connectivity index (χ1n) is 6.45. The molecule has 0 aliphatic carbocycles. The van der Waals surface area contributed by atoms with Gasteiger partial charge in [0, 0.05) is 36.6 Å². The quantitative estimate of drug-likeness (QED) is 0.775. The maximum Gasteiger partial charge on any atom is 0.0682 e. The van der Waals surface area contributed by atoms with Crippen LogP contribution in [0.15, 0.2) is 54.9 Å². The third-order valence-corrected chi connectivity index (χ3v) is 3.36. The molecular weight excluding hydrogens is 236 g/mol. The molecule has 96 valence electrons. The number of aromatic nitrogens is 2. The van der Waals surface area contributed by atoms with E-state index in [1.165, 1.54) is 10.9 Å². The Morgan fingerprint density at radius 3 is 2.84 bits per heavy atom. The Hall–Kier alpha value is -2.13. The fraction of sp³-hybridized carbons (Fsp3) is 0.188. The van der Waals surface area contributed by atoms with Gasteiger partial charge in [0.15, 0.2) is 0 Å². The molecule has 0 spiro atoms. The first kappa shape index (κ1) is 11.9. The summed E-state index contributed by atoms with van der Waals surface area (Å²) in [5.74, 6) is 0. The summed E-state index contributed by atoms with van der Waals surface area (Å²) >= 11 is 0. The van der Waals surface area contributed by atoms with Crippen LogP contribution in [0.4, 0.5) is 0 Å². The van der Waals surface area contributed by atoms with Gasteiger partial charge in [0.2, 0.25) is 0 Å². The summed E-state index contributed by atoms with van der Waals surface area (Å²) in [4.78, 5) is 4.34. The maximum atomic E-state index is 9.21. The van der Waals surface area contributed by atoms with Crippen LogP contribution >= 0.6 is 0 Å². The second kappa shape index (κ2) is 5.24. The predicted octanol–water partition coefficient (Wildman–Crippen LogP) is 2.77. The Labute approximate surface area is 112 Å². The summed E-state index contributed by atoms with van der Waals surface area (Å²) in [7, 11) is 0. The summed E-state index contributed by atoms with van der Waals surface area (Å²) in [5.41, 5.74) is 3.22. The first-order valence-corrected chi connectivity index (χ1v) is 6.45. The van der Waals surface area contributed by atoms with Gasteiger partial charge in [-0.15, -0.1) is 0 Å². The molecule has 0 unspecified atom stereocenters. The molecule has 0 fully saturated rings. The number of nitrogens with zero attached hydrogens (tertiary/aromatic N) is 2. The molecule has 0 saturated carbocycles. The molecular formula is C16H16N2O. The minimum absolute atomic E-state index is 0.0847. The highest BCUT2D eigenvalue weighted by molar-refractivity contribution is 5.80. The van der Waals surface area contributed by atoms with Gasteiger partial charge in [-0.1, -0.05) is 18.2 Å². The van der Waals surface area contributed by atoms with Crippen molar-refractivity contribution in [1.29, 1.82) is 0 Å². The average Bonchev–Trinajstić information content (AvgIpc) is 2.88. The van der Waals surface area contributed by atoms with Gasteiger partial charge in [-0.3, -0.25) is 4.98 Å². The van der Waals surface area contributed by atoms with E-state index in [1.807, 2.05) is 36.5 Å². The number of rotatable bonds is 4. The molecule has 3 aromatic rings. The van der Waals surface area contributed by atoms with Crippen molar-refractivity contribution >= 4 is 10.9 Å². The SMILES string of the molecule is OCc1ccc2ccn(CCc3ccccn3)c2c1. The zero-order valence-electron chi connectivity index (χ0n) is 10.7. The van der Waals surface area contributed by atoms with Crippen molar-refractivity contribution in [3.05, 3.63) is 66.1 Å². The summed E-state index contributed by atoms with van der Waals surface area (Å²) in [6, 6.07) is 14.2. The van der Waals surface area contributed by atoms with E-state index in [1.54, 1.807) is 0 Å². The lowest BCUT2D eigenvalue weighted by molar-refractivity contribution is 0.282. The first-order chi connectivity index (χ1) is 9.36. The van der Waals surface area contributed by atoms with Crippen molar-refractivity contribution < 1.29 is 5.11 Å². The Morgan fingerprint density at radius 2 is 2.05 bits per heavy atom. The molecule has 3 heteroatoms. The van der Waals surface area contributed by atoms with E-state index in [-0.39, 0.29) is 6.61 Å². The average molecular weight is 252 g/mol. The number of aliphatic hydroxyl groups is 1. The molecule has 1 aromatic carbocycles. The molecule has 0 aliphatic heterocycles. The second-order valence-corrected chi connectivity index (χ2v) is 4.63. The van der Waals surface area contributed by atoms with Crippen LogP contribution in [0.3, 0.4) is 0 Å². The fourth-order valence-corrected chi connectivity index (χ4v) is 2.30. The van der Waals surface area contributed by atoms with Gasteiger partial charge in [-0.05, 0) is 35.2 Å². The van der Waals surface area contributed by atoms with Gasteiger partial charge in [0.05, 0.1) is 6.61 Å². The highest BCUT2D eigenvalue weighted by Crippen LogP contribution is 2.18. The monoisotopic (exact) mass is 252 g/mol. The Morgan fingerprint density at radius 1 is 1.11 bits per heavy atom. The summed E-state index contributed by atoms with van der Waals surface area (Å²) in [6.45, 7) is 0.983. The third kappa shape index (κ3) is 2.51. The highest BCUT2D eigenvalue weighted by Gasteiger charge is 2.03. The van der Waals surface area contributed by atoms with Crippen LogP contribution in [-0.2, 0) is 19.6 Å². The second-order valence-electron chi connectivity index (χ2n) is 4.63. The molecule has 2 aromatic heterocycles. The number of hydrogen-bond acceptors (Lipinski definition) is 2. The zero-order chi connectivity index (χ0) is 13.1. The summed E-state index contributed by atoms with van der Waals surface area (Å²) in [5, 5.41) is 10.4. The van der Waals surface area contributed by atoms with Crippen molar-refractivity contribution in [3.8, 4) is 0 Å². The van der Waals surface area contributed by atoms with E-state index in [2.05, 4.69) is 27.9 Å². The van der Waals surface area contributed by atoms with Crippen LogP contribution in [-0.4, -0.2) is 14.7 Å². The standard InChI is InChI=1S/C16H16N2O/c19-12-13-4-5-14-6-9-18(16(14)11-13)10-7-15-3-1-2-8-17-15/h1-6,8-9,11,19H,7,10,12H2. The van der Waals surface area contributed by atoms with E-state index >= 15 is 0 Å².